The minimum Gasteiger partial charge on any atom is -0.352 e. The molecule has 0 N–H and O–H groups in total. The molecule has 0 spiro atoms. The number of piperazine rings is 1. The van der Waals surface area contributed by atoms with E-state index in [0.717, 1.165) is 28.2 Å². The molecule has 0 atom stereocenters. The topological polar surface area (TPSA) is 66.4 Å². The summed E-state index contributed by atoms with van der Waals surface area (Å²) >= 11 is 6.60. The van der Waals surface area contributed by atoms with E-state index >= 15 is 0 Å². The van der Waals surface area contributed by atoms with Crippen LogP contribution in [0, 0.1) is 0 Å². The van der Waals surface area contributed by atoms with Crippen LogP contribution in [-0.4, -0.2) is 47.6 Å². The monoisotopic (exact) mass is 412 g/mol. The fraction of sp³-hybridized carbons (Fsp3) is 0.385. The zero-order chi connectivity index (χ0) is 18.2. The van der Waals surface area contributed by atoms with Crippen LogP contribution in [0.5, 0.6) is 0 Å². The van der Waals surface area contributed by atoms with E-state index < -0.39 is 31.7 Å². The third-order valence-corrected chi connectivity index (χ3v) is 6.49. The van der Waals surface area contributed by atoms with Gasteiger partial charge in [-0.1, -0.05) is 11.6 Å². The zero-order valence-electron chi connectivity index (χ0n) is 12.6. The highest BCUT2D eigenvalue weighted by molar-refractivity contribution is 7.89. The zero-order valence-corrected chi connectivity index (χ0v) is 15.0. The molecule has 1 fully saturated rings. The summed E-state index contributed by atoms with van der Waals surface area (Å²) in [4.78, 5) is 1.45. The first-order valence-electron chi connectivity index (χ1n) is 7.09. The standard InChI is InChI=1S/C13H12ClF3N4O2S2/c14-11-2-1-9(7-10(11)13(15,16)17)25(22,23)21-5-3-20(4-6-21)12-8-18-24-19-12/h1-2,7-8H,3-6H2. The minimum atomic E-state index is -4.72. The van der Waals surface area contributed by atoms with Crippen LogP contribution in [0.3, 0.4) is 0 Å². The van der Waals surface area contributed by atoms with Gasteiger partial charge in [-0.3, -0.25) is 0 Å². The summed E-state index contributed by atoms with van der Waals surface area (Å²) in [7, 11) is -4.04. The number of hydrogen-bond acceptors (Lipinski definition) is 6. The molecule has 1 aromatic heterocycles. The van der Waals surface area contributed by atoms with Gasteiger partial charge in [-0.25, -0.2) is 8.42 Å². The predicted molar refractivity (Wildman–Crippen MR) is 87.3 cm³/mol. The van der Waals surface area contributed by atoms with E-state index in [0.29, 0.717) is 25.0 Å². The molecular formula is C13H12ClF3N4O2S2. The van der Waals surface area contributed by atoms with Crippen LogP contribution >= 0.6 is 23.3 Å². The second-order valence-corrected chi connectivity index (χ2v) is 8.20. The van der Waals surface area contributed by atoms with Crippen molar-refractivity contribution in [2.45, 2.75) is 11.1 Å². The van der Waals surface area contributed by atoms with E-state index in [4.69, 9.17) is 11.6 Å². The Hall–Kier alpha value is -1.43. The maximum absolute atomic E-state index is 13.0. The molecule has 12 heteroatoms. The number of aromatic nitrogens is 2. The van der Waals surface area contributed by atoms with Crippen molar-refractivity contribution in [3.8, 4) is 0 Å². The summed E-state index contributed by atoms with van der Waals surface area (Å²) in [5, 5.41) is -0.535. The van der Waals surface area contributed by atoms with Gasteiger partial charge < -0.3 is 4.90 Å². The minimum absolute atomic E-state index is 0.143. The number of anilines is 1. The van der Waals surface area contributed by atoms with E-state index in [1.54, 1.807) is 6.20 Å². The molecule has 0 unspecified atom stereocenters. The Morgan fingerprint density at radius 1 is 1.16 bits per heavy atom. The van der Waals surface area contributed by atoms with Crippen LogP contribution < -0.4 is 4.90 Å². The first-order chi connectivity index (χ1) is 11.7. The molecule has 6 nitrogen and oxygen atoms in total. The molecule has 1 aliphatic rings. The fourth-order valence-corrected chi connectivity index (χ4v) is 4.60. The number of hydrogen-bond donors (Lipinski definition) is 0. The molecule has 2 heterocycles. The van der Waals surface area contributed by atoms with Crippen molar-refractivity contribution in [1.29, 1.82) is 0 Å². The maximum atomic E-state index is 13.0. The van der Waals surface area contributed by atoms with Gasteiger partial charge in [-0.05, 0) is 18.2 Å². The van der Waals surface area contributed by atoms with Crippen molar-refractivity contribution in [2.24, 2.45) is 0 Å². The number of benzene rings is 1. The first-order valence-corrected chi connectivity index (χ1v) is 9.64. The smallest absolute Gasteiger partial charge is 0.352 e. The Morgan fingerprint density at radius 3 is 2.40 bits per heavy atom. The lowest BCUT2D eigenvalue weighted by molar-refractivity contribution is -0.137. The molecule has 1 aliphatic heterocycles. The summed E-state index contributed by atoms with van der Waals surface area (Å²) in [6, 6.07) is 2.62. The molecule has 25 heavy (non-hydrogen) atoms. The second kappa shape index (κ2) is 6.71. The van der Waals surface area contributed by atoms with Gasteiger partial charge in [0, 0.05) is 26.2 Å². The summed E-state index contributed by atoms with van der Waals surface area (Å²) in [5.74, 6) is 0.660. The van der Waals surface area contributed by atoms with Gasteiger partial charge in [-0.15, -0.1) is 0 Å². The van der Waals surface area contributed by atoms with Crippen molar-refractivity contribution in [1.82, 2.24) is 13.1 Å². The van der Waals surface area contributed by atoms with Crippen LogP contribution in [0.25, 0.3) is 0 Å². The molecule has 3 rings (SSSR count). The van der Waals surface area contributed by atoms with Crippen molar-refractivity contribution in [3.05, 3.63) is 35.0 Å². The molecule has 1 aromatic carbocycles. The van der Waals surface area contributed by atoms with Crippen LogP contribution in [0.1, 0.15) is 5.56 Å². The van der Waals surface area contributed by atoms with E-state index in [9.17, 15) is 21.6 Å². The van der Waals surface area contributed by atoms with E-state index in [-0.39, 0.29) is 13.1 Å². The third-order valence-electron chi connectivity index (χ3n) is 3.79. The van der Waals surface area contributed by atoms with Crippen LogP contribution in [0.4, 0.5) is 19.0 Å². The number of alkyl halides is 3. The molecule has 0 saturated carbocycles. The summed E-state index contributed by atoms with van der Waals surface area (Å²) in [6.45, 7) is 1.04. The lowest BCUT2D eigenvalue weighted by Gasteiger charge is -2.33. The summed E-state index contributed by atoms with van der Waals surface area (Å²) in [6.07, 6.45) is -3.14. The summed E-state index contributed by atoms with van der Waals surface area (Å²) in [5.41, 5.74) is -1.16. The van der Waals surface area contributed by atoms with Gasteiger partial charge in [-0.2, -0.15) is 26.2 Å². The van der Waals surface area contributed by atoms with Crippen LogP contribution in [-0.2, 0) is 16.2 Å². The summed E-state index contributed by atoms with van der Waals surface area (Å²) < 4.78 is 73.3. The molecule has 1 saturated heterocycles. The normalized spacial score (nSPS) is 17.0. The van der Waals surface area contributed by atoms with Crippen molar-refractivity contribution in [2.75, 3.05) is 31.1 Å². The van der Waals surface area contributed by atoms with Gasteiger partial charge in [0.05, 0.1) is 33.4 Å². The number of rotatable bonds is 3. The number of nitrogens with zero attached hydrogens (tertiary/aromatic N) is 4. The largest absolute Gasteiger partial charge is 0.417 e. The van der Waals surface area contributed by atoms with Gasteiger partial charge >= 0.3 is 6.18 Å². The average molecular weight is 413 g/mol. The van der Waals surface area contributed by atoms with E-state index in [2.05, 4.69) is 8.75 Å². The predicted octanol–water partition coefficient (Wildman–Crippen LogP) is 2.72. The van der Waals surface area contributed by atoms with E-state index in [1.165, 1.54) is 0 Å². The Bertz CT molecular complexity index is 851. The third kappa shape index (κ3) is 3.73. The highest BCUT2D eigenvalue weighted by atomic mass is 35.5. The molecule has 136 valence electrons. The lowest BCUT2D eigenvalue weighted by atomic mass is 10.2. The molecular weight excluding hydrogens is 401 g/mol. The quantitative estimate of drug-likeness (QED) is 0.775. The lowest BCUT2D eigenvalue weighted by Crippen LogP contribution is -2.48. The number of halogens is 4. The maximum Gasteiger partial charge on any atom is 0.417 e. The molecule has 0 bridgehead atoms. The Kier molecular flexibility index (Phi) is 4.93. The van der Waals surface area contributed by atoms with Crippen LogP contribution in [0.15, 0.2) is 29.3 Å². The first kappa shape index (κ1) is 18.4. The van der Waals surface area contributed by atoms with Crippen molar-refractivity contribution < 1.29 is 21.6 Å². The van der Waals surface area contributed by atoms with Gasteiger partial charge in [0.15, 0.2) is 5.82 Å². The Labute approximate surface area is 151 Å². The highest BCUT2D eigenvalue weighted by Gasteiger charge is 2.36. The fourth-order valence-electron chi connectivity index (χ4n) is 2.49. The van der Waals surface area contributed by atoms with Crippen molar-refractivity contribution >= 4 is 39.2 Å². The Balaban J connectivity index is 1.81. The average Bonchev–Trinajstić information content (AvgIpc) is 3.08. The highest BCUT2D eigenvalue weighted by Crippen LogP contribution is 2.36. The van der Waals surface area contributed by atoms with Crippen LogP contribution in [0.2, 0.25) is 5.02 Å². The number of sulfonamides is 1. The van der Waals surface area contributed by atoms with Crippen molar-refractivity contribution in [3.63, 3.8) is 0 Å². The second-order valence-electron chi connectivity index (χ2n) is 5.30. The SMILES string of the molecule is O=S(=O)(c1ccc(Cl)c(C(F)(F)F)c1)N1CCN(c2cnsn2)CC1. The van der Waals surface area contributed by atoms with Gasteiger partial charge in [0.2, 0.25) is 10.0 Å². The van der Waals surface area contributed by atoms with E-state index in [1.807, 2.05) is 4.90 Å². The molecule has 0 radical (unpaired) electrons. The Morgan fingerprint density at radius 2 is 1.84 bits per heavy atom. The van der Waals surface area contributed by atoms with Gasteiger partial charge in [0.1, 0.15) is 0 Å². The molecule has 0 aliphatic carbocycles. The molecule has 2 aromatic rings. The molecule has 0 amide bonds. The van der Waals surface area contributed by atoms with Gasteiger partial charge in [0.25, 0.3) is 0 Å².